The fraction of sp³-hybridized carbons (Fsp3) is 0.111. The second kappa shape index (κ2) is 5.72. The molecule has 0 atom stereocenters. The molecular weight excluding hydrogens is 264 g/mol. The molecule has 2 rings (SSSR count). The molecule has 0 aliphatic heterocycles. The molecule has 0 fully saturated rings. The highest BCUT2D eigenvalue weighted by Crippen LogP contribution is 2.15. The molecule has 0 saturated heterocycles. The van der Waals surface area contributed by atoms with E-state index in [1.165, 1.54) is 4.70 Å². The summed E-state index contributed by atoms with van der Waals surface area (Å²) in [6, 6.07) is 8.13. The van der Waals surface area contributed by atoms with Crippen LogP contribution in [-0.2, 0) is 4.79 Å². The predicted octanol–water partition coefficient (Wildman–Crippen LogP) is 2.16. The maximum atomic E-state index is 9.54. The number of hydrogen-bond donors (Lipinski definition) is 1. The van der Waals surface area contributed by atoms with Gasteiger partial charge in [-0.15, -0.1) is 11.3 Å². The van der Waals surface area contributed by atoms with Crippen molar-refractivity contribution in [1.82, 2.24) is 4.98 Å². The van der Waals surface area contributed by atoms with Gasteiger partial charge in [0.25, 0.3) is 0 Å². The minimum absolute atomic E-state index is 0.257. The van der Waals surface area contributed by atoms with Crippen molar-refractivity contribution < 1.29 is 4.79 Å². The van der Waals surface area contributed by atoms with Gasteiger partial charge in [0, 0.05) is 0 Å². The molecule has 0 aliphatic rings. The van der Waals surface area contributed by atoms with Crippen LogP contribution < -0.4 is 5.73 Å². The lowest BCUT2D eigenvalue weighted by Crippen LogP contribution is -2.10. The predicted molar refractivity (Wildman–Crippen MR) is 62.6 cm³/mol. The number of benzene rings is 1. The number of amides is 1. The first kappa shape index (κ1) is 11.1. The molecule has 1 heterocycles. The van der Waals surface area contributed by atoms with Gasteiger partial charge in [-0.1, -0.05) is 28.1 Å². The van der Waals surface area contributed by atoms with Crippen LogP contribution in [0.2, 0.25) is 0 Å². The van der Waals surface area contributed by atoms with Crippen molar-refractivity contribution in [2.75, 3.05) is 5.33 Å². The molecule has 1 amide bonds. The number of alkyl halides is 1. The molecule has 1 aromatic heterocycles. The Kier molecular flexibility index (Phi) is 4.55. The minimum Gasteiger partial charge on any atom is -0.369 e. The fourth-order valence-electron chi connectivity index (χ4n) is 0.803. The number of aromatic nitrogens is 1. The second-order valence-electron chi connectivity index (χ2n) is 2.42. The summed E-state index contributed by atoms with van der Waals surface area (Å²) in [6.07, 6.45) is 0. The van der Waals surface area contributed by atoms with Gasteiger partial charge in [0.05, 0.1) is 21.1 Å². The van der Waals surface area contributed by atoms with Gasteiger partial charge in [0.1, 0.15) is 0 Å². The summed E-state index contributed by atoms with van der Waals surface area (Å²) >= 11 is 4.52. The van der Waals surface area contributed by atoms with Crippen molar-refractivity contribution in [2.24, 2.45) is 5.73 Å². The van der Waals surface area contributed by atoms with Crippen LogP contribution in [0.3, 0.4) is 0 Å². The molecule has 5 heteroatoms. The zero-order chi connectivity index (χ0) is 10.4. The average molecular weight is 273 g/mol. The molecule has 3 nitrogen and oxygen atoms in total. The number of para-hydroxylation sites is 1. The van der Waals surface area contributed by atoms with Crippen LogP contribution in [0.25, 0.3) is 10.2 Å². The standard InChI is InChI=1S/C7H5NS.C2H4BrNO/c1-2-4-7-6(3-1)8-5-9-7;3-1-2(4)5/h1-5H;1H2,(H2,4,5). The number of halogens is 1. The van der Waals surface area contributed by atoms with E-state index in [1.54, 1.807) is 11.3 Å². The van der Waals surface area contributed by atoms with Crippen LogP contribution in [0.4, 0.5) is 0 Å². The number of hydrogen-bond acceptors (Lipinski definition) is 3. The van der Waals surface area contributed by atoms with Gasteiger partial charge in [-0.25, -0.2) is 4.98 Å². The normalized spacial score (nSPS) is 9.21. The van der Waals surface area contributed by atoms with Crippen molar-refractivity contribution >= 4 is 43.4 Å². The third-order valence-electron chi connectivity index (χ3n) is 1.37. The Balaban J connectivity index is 0.000000171. The Hall–Kier alpha value is -0.940. The lowest BCUT2D eigenvalue weighted by molar-refractivity contribution is -0.115. The van der Waals surface area contributed by atoms with Gasteiger partial charge in [-0.05, 0) is 12.1 Å². The Morgan fingerprint density at radius 3 is 2.71 bits per heavy atom. The van der Waals surface area contributed by atoms with Gasteiger partial charge >= 0.3 is 0 Å². The van der Waals surface area contributed by atoms with Crippen molar-refractivity contribution in [3.8, 4) is 0 Å². The lowest BCUT2D eigenvalue weighted by Gasteiger charge is -1.80. The molecule has 14 heavy (non-hydrogen) atoms. The van der Waals surface area contributed by atoms with E-state index >= 15 is 0 Å². The number of nitrogens with two attached hydrogens (primary N) is 1. The number of fused-ring (bicyclic) bond motifs is 1. The number of thiazole rings is 1. The number of carbonyl (C=O) groups excluding carboxylic acids is 1. The molecule has 0 bridgehead atoms. The van der Waals surface area contributed by atoms with Crippen LogP contribution in [0, 0.1) is 0 Å². The summed E-state index contributed by atoms with van der Waals surface area (Å²) in [6.45, 7) is 0. The smallest absolute Gasteiger partial charge is 0.228 e. The summed E-state index contributed by atoms with van der Waals surface area (Å²) in [4.78, 5) is 13.7. The average Bonchev–Trinajstić information content (AvgIpc) is 2.66. The van der Waals surface area contributed by atoms with Gasteiger partial charge in [-0.2, -0.15) is 0 Å². The van der Waals surface area contributed by atoms with Crippen molar-refractivity contribution in [2.45, 2.75) is 0 Å². The Labute approximate surface area is 94.1 Å². The van der Waals surface area contributed by atoms with Crippen LogP contribution in [-0.4, -0.2) is 16.2 Å². The van der Waals surface area contributed by atoms with Crippen LogP contribution >= 0.6 is 27.3 Å². The van der Waals surface area contributed by atoms with Crippen LogP contribution in [0.5, 0.6) is 0 Å². The summed E-state index contributed by atoms with van der Waals surface area (Å²) in [5.74, 6) is -0.329. The van der Waals surface area contributed by atoms with Crippen molar-refractivity contribution in [3.05, 3.63) is 29.8 Å². The fourth-order valence-corrected chi connectivity index (χ4v) is 1.48. The molecule has 2 aromatic rings. The zero-order valence-corrected chi connectivity index (χ0v) is 9.72. The molecule has 2 N–H and O–H groups in total. The van der Waals surface area contributed by atoms with E-state index in [4.69, 9.17) is 0 Å². The SMILES string of the molecule is NC(=O)CBr.c1ccc2scnc2c1. The molecule has 1 aromatic carbocycles. The van der Waals surface area contributed by atoms with Gasteiger partial charge in [0.15, 0.2) is 0 Å². The topological polar surface area (TPSA) is 56.0 Å². The maximum absolute atomic E-state index is 9.54. The summed E-state index contributed by atoms with van der Waals surface area (Å²) in [5.41, 5.74) is 7.57. The minimum atomic E-state index is -0.329. The highest BCUT2D eigenvalue weighted by atomic mass is 79.9. The van der Waals surface area contributed by atoms with Crippen molar-refractivity contribution in [3.63, 3.8) is 0 Å². The molecule has 0 unspecified atom stereocenters. The molecule has 0 aliphatic carbocycles. The Morgan fingerprint density at radius 1 is 1.50 bits per heavy atom. The van der Waals surface area contributed by atoms with Gasteiger partial charge in [0.2, 0.25) is 5.91 Å². The van der Waals surface area contributed by atoms with E-state index < -0.39 is 0 Å². The quantitative estimate of drug-likeness (QED) is 0.809. The number of nitrogens with zero attached hydrogens (tertiary/aromatic N) is 1. The molecule has 0 radical (unpaired) electrons. The molecule has 0 spiro atoms. The molecule has 0 saturated carbocycles. The van der Waals surface area contributed by atoms with E-state index in [2.05, 4.69) is 32.7 Å². The third-order valence-corrected chi connectivity index (χ3v) is 2.73. The number of carbonyl (C=O) groups is 1. The maximum Gasteiger partial charge on any atom is 0.228 e. The van der Waals surface area contributed by atoms with E-state index in [0.29, 0.717) is 0 Å². The molecule has 74 valence electrons. The lowest BCUT2D eigenvalue weighted by atomic mass is 10.3. The number of rotatable bonds is 1. The Bertz CT molecular complexity index is 386. The zero-order valence-electron chi connectivity index (χ0n) is 7.31. The summed E-state index contributed by atoms with van der Waals surface area (Å²) in [5, 5.41) is 0.257. The van der Waals surface area contributed by atoms with Crippen LogP contribution in [0.15, 0.2) is 29.8 Å². The van der Waals surface area contributed by atoms with Crippen LogP contribution in [0.1, 0.15) is 0 Å². The first-order chi connectivity index (χ1) is 6.74. The van der Waals surface area contributed by atoms with E-state index in [-0.39, 0.29) is 11.2 Å². The Morgan fingerprint density at radius 2 is 2.14 bits per heavy atom. The third kappa shape index (κ3) is 3.43. The van der Waals surface area contributed by atoms with Gasteiger partial charge < -0.3 is 5.73 Å². The van der Waals surface area contributed by atoms with E-state index in [1.807, 2.05) is 23.7 Å². The first-order valence-corrected chi connectivity index (χ1v) is 5.86. The molecular formula is C9H9BrN2OS. The highest BCUT2D eigenvalue weighted by molar-refractivity contribution is 9.09. The van der Waals surface area contributed by atoms with Gasteiger partial charge in [-0.3, -0.25) is 4.79 Å². The van der Waals surface area contributed by atoms with E-state index in [0.717, 1.165) is 5.52 Å². The first-order valence-electron chi connectivity index (χ1n) is 3.86. The van der Waals surface area contributed by atoms with E-state index in [9.17, 15) is 4.79 Å². The monoisotopic (exact) mass is 272 g/mol. The second-order valence-corrected chi connectivity index (χ2v) is 3.87. The highest BCUT2D eigenvalue weighted by Gasteiger charge is 1.89. The summed E-state index contributed by atoms with van der Waals surface area (Å²) in [7, 11) is 0. The largest absolute Gasteiger partial charge is 0.369 e. The summed E-state index contributed by atoms with van der Waals surface area (Å²) < 4.78 is 1.26. The van der Waals surface area contributed by atoms with Crippen molar-refractivity contribution in [1.29, 1.82) is 0 Å². The number of primary amides is 1.